The minimum atomic E-state index is -0.217. The van der Waals surface area contributed by atoms with Gasteiger partial charge in [0.05, 0.1) is 45.6 Å². The molecule has 8 nitrogen and oxygen atoms in total. The number of hydrogen-bond donors (Lipinski definition) is 0. The topological polar surface area (TPSA) is 108 Å². The van der Waals surface area contributed by atoms with Crippen LogP contribution in [-0.4, -0.2) is 19.9 Å². The van der Waals surface area contributed by atoms with Crippen LogP contribution in [0.15, 0.2) is 287 Å². The predicted octanol–water partition coefficient (Wildman–Crippen LogP) is 25.1. The first kappa shape index (κ1) is 75.0. The molecule has 10 heteroatoms. The molecular weight excluding hydrogens is 1490 g/mol. The maximum Gasteiger partial charge on any atom is 2.00 e. The van der Waals surface area contributed by atoms with Crippen molar-refractivity contribution in [2.45, 2.75) is 52.4 Å². The number of fused-ring (bicyclic) bond motifs is 16. The van der Waals surface area contributed by atoms with Crippen LogP contribution < -0.4 is 19.9 Å². The number of benzene rings is 8. The van der Waals surface area contributed by atoms with E-state index in [2.05, 4.69) is 351 Å². The van der Waals surface area contributed by atoms with Crippen molar-refractivity contribution in [1.82, 2.24) is 39.9 Å². The molecule has 114 heavy (non-hydrogen) atoms. The van der Waals surface area contributed by atoms with Gasteiger partial charge in [0.25, 0.3) is 0 Å². The maximum atomic E-state index is 5.59. The molecule has 16 bridgehead atoms. The van der Waals surface area contributed by atoms with Crippen molar-refractivity contribution in [3.8, 4) is 101 Å². The Labute approximate surface area is 690 Å². The Balaban J connectivity index is 0.00000489. The smallest absolute Gasteiger partial charge is 0.657 e. The van der Waals surface area contributed by atoms with Crippen molar-refractivity contribution in [3.63, 3.8) is 0 Å². The fourth-order valence-corrected chi connectivity index (χ4v) is 16.0. The van der Waals surface area contributed by atoms with Gasteiger partial charge in [-0.3, -0.25) is 0 Å². The summed E-state index contributed by atoms with van der Waals surface area (Å²) in [5.41, 5.74) is 35.5. The summed E-state index contributed by atoms with van der Waals surface area (Å²) in [6, 6.07) is 87.6. The van der Waals surface area contributed by atoms with Crippen LogP contribution in [0.4, 0.5) is 0 Å². The monoisotopic (exact) mass is 1560 g/mol. The van der Waals surface area contributed by atoms with Crippen molar-refractivity contribution in [2.24, 2.45) is 0 Å². The second kappa shape index (κ2) is 32.0. The molecule has 0 fully saturated rings. The van der Waals surface area contributed by atoms with Gasteiger partial charge in [-0.2, -0.15) is 0 Å². The molecule has 10 heterocycles. The van der Waals surface area contributed by atoms with Gasteiger partial charge in [0.15, 0.2) is 0 Å². The Hall–Kier alpha value is -13.0. The zero-order chi connectivity index (χ0) is 76.0. The second-order valence-corrected chi connectivity index (χ2v) is 29.3. The molecule has 0 spiro atoms. The zero-order valence-electron chi connectivity index (χ0n) is 64.3. The Morgan fingerprint density at radius 3 is 0.658 bits per heavy atom. The van der Waals surface area contributed by atoms with Crippen molar-refractivity contribution in [1.29, 1.82) is 0 Å². The molecule has 0 saturated carbocycles. The summed E-state index contributed by atoms with van der Waals surface area (Å²) in [4.78, 5) is 44.4. The normalized spacial score (nSPS) is 11.9. The first-order valence-corrected chi connectivity index (χ1v) is 38.0. The molecule has 536 valence electrons. The molecule has 4 aliphatic rings. The molecule has 0 aliphatic carbocycles. The maximum absolute atomic E-state index is 5.59. The third-order valence-electron chi connectivity index (χ3n) is 21.7. The first-order valence-electron chi connectivity index (χ1n) is 38.0. The van der Waals surface area contributed by atoms with E-state index in [0.29, 0.717) is 0 Å². The Kier molecular flexibility index (Phi) is 21.1. The van der Waals surface area contributed by atoms with E-state index in [-0.39, 0.29) is 44.4 Å². The van der Waals surface area contributed by atoms with E-state index >= 15 is 0 Å². The van der Waals surface area contributed by atoms with Crippen LogP contribution >= 0.6 is 0 Å². The molecule has 4 aliphatic heterocycles. The second-order valence-electron chi connectivity index (χ2n) is 29.3. The third kappa shape index (κ3) is 14.5. The number of allylic oxidation sites excluding steroid dienone is 3. The number of aromatic nitrogens is 8. The van der Waals surface area contributed by atoms with Crippen LogP contribution in [0.2, 0.25) is 0 Å². The number of nitrogens with zero attached hydrogens (tertiary/aromatic N) is 8. The summed E-state index contributed by atoms with van der Waals surface area (Å²) in [6.45, 7) is 20.9. The fourth-order valence-electron chi connectivity index (χ4n) is 16.0. The largest absolute Gasteiger partial charge is 2.00 e. The number of hydrogen-bond acceptors (Lipinski definition) is 4. The van der Waals surface area contributed by atoms with Crippen LogP contribution in [0.5, 0.6) is 0 Å². The summed E-state index contributed by atoms with van der Waals surface area (Å²) in [6.07, 6.45) is 25.3. The standard InChI is InChI=1S/C104H76N8.2Zn/c1-8-62-104(63-9-2,64-10-3)79-44-42-78(43-45-79)103-94-60-54-88(111-94)99(74-34-20-67(6)21-35-74)86-52-58-92(109-86)102(93-59-53-87(110-93)100(89-55-61-95(103)112-89)75-36-22-68(7)23-37-75)77-40-28-70(29-41-77)25-24-69-26-38-76(39-27-69)101-90-56-50-84(107-90)97(72-30-16-65(4)17-31-72)82-48-46-80(105-82)96(71-14-12-11-13-15-71)81-47-49-83(106-81)98(85-51-57-91(101)108-85)73-32-18-66(5)19-33-73;;/h8-23,26-61H,1-3,62-64H2,4-7H3;;/q-4;2*+2. The number of rotatable bonds is 15. The molecule has 6 aromatic heterocycles. The van der Waals surface area contributed by atoms with Gasteiger partial charge >= 0.3 is 39.0 Å². The predicted molar refractivity (Wildman–Crippen MR) is 468 cm³/mol. The van der Waals surface area contributed by atoms with Crippen LogP contribution in [0.25, 0.3) is 182 Å². The van der Waals surface area contributed by atoms with E-state index in [1.165, 1.54) is 16.7 Å². The molecule has 14 aromatic rings. The van der Waals surface area contributed by atoms with E-state index in [1.54, 1.807) is 0 Å². The van der Waals surface area contributed by atoms with Gasteiger partial charge in [0, 0.05) is 16.5 Å². The molecule has 18 rings (SSSR count). The molecule has 8 aromatic carbocycles. The summed E-state index contributed by atoms with van der Waals surface area (Å²) in [5.74, 6) is 7.04. The molecule has 0 unspecified atom stereocenters. The van der Waals surface area contributed by atoms with Crippen LogP contribution in [0.1, 0.15) is 104 Å². The first-order chi connectivity index (χ1) is 54.9. The van der Waals surface area contributed by atoms with Gasteiger partial charge in [-0.05, 0) is 214 Å². The van der Waals surface area contributed by atoms with E-state index in [0.717, 1.165) is 220 Å². The summed E-state index contributed by atoms with van der Waals surface area (Å²) < 4.78 is 0. The number of aryl methyl sites for hydroxylation is 4. The van der Waals surface area contributed by atoms with Crippen molar-refractivity contribution in [2.75, 3.05) is 0 Å². The van der Waals surface area contributed by atoms with Gasteiger partial charge in [0.2, 0.25) is 0 Å². The van der Waals surface area contributed by atoms with Gasteiger partial charge in [-0.15, -0.1) is 63.9 Å². The van der Waals surface area contributed by atoms with Gasteiger partial charge in [-0.25, -0.2) is 19.9 Å². The van der Waals surface area contributed by atoms with Crippen molar-refractivity contribution < 1.29 is 39.0 Å². The summed E-state index contributed by atoms with van der Waals surface area (Å²) in [5, 5.41) is 0. The molecule has 0 radical (unpaired) electrons. The van der Waals surface area contributed by atoms with E-state index < -0.39 is 0 Å². The average Bonchev–Trinajstić information content (AvgIpc) is 1.63. The Morgan fingerprint density at radius 1 is 0.254 bits per heavy atom. The van der Waals surface area contributed by atoms with Gasteiger partial charge in [-0.1, -0.05) is 277 Å². The summed E-state index contributed by atoms with van der Waals surface area (Å²) >= 11 is 0. The minimum Gasteiger partial charge on any atom is -0.657 e. The molecule has 0 saturated heterocycles. The third-order valence-corrected chi connectivity index (χ3v) is 21.7. The SMILES string of the molecule is C=CCC(CC=C)(CC=C)c1ccc(-c2c3nc(c(-c4ccc(C)cc4)c4ccc([n-]4)c(-c4ccc(C#Cc5ccc(-c6c7nc(c(-c8ccc(C)cc8)c8ccc([n-]8)c(-c8ccccc8)c8nc(c(-c9ccc(C)cc9)c9ccc6[n-]9)C=C8)C=C7)cc5)cc4)c4nc(c(-c5ccc(C)cc5)c5ccc2[n-]5)C=C4)C=C3)cc1.[Zn+2].[Zn+2]. The zero-order valence-corrected chi connectivity index (χ0v) is 70.2. The van der Waals surface area contributed by atoms with E-state index in [9.17, 15) is 0 Å². The minimum absolute atomic E-state index is 0. The fraction of sp³-hybridized carbons (Fsp3) is 0.0769. The van der Waals surface area contributed by atoms with Crippen LogP contribution in [0.3, 0.4) is 0 Å². The Morgan fingerprint density at radius 2 is 0.447 bits per heavy atom. The molecule has 0 amide bonds. The van der Waals surface area contributed by atoms with E-state index in [4.69, 9.17) is 39.9 Å². The van der Waals surface area contributed by atoms with Crippen molar-refractivity contribution >= 4 is 92.7 Å². The van der Waals surface area contributed by atoms with Crippen LogP contribution in [0, 0.1) is 39.5 Å². The Bertz CT molecular complexity index is 6580. The van der Waals surface area contributed by atoms with Crippen LogP contribution in [-0.2, 0) is 44.4 Å². The average molecular weight is 1570 g/mol. The molecule has 0 atom stereocenters. The molecule has 0 N–H and O–H groups in total. The van der Waals surface area contributed by atoms with Gasteiger partial charge < -0.3 is 19.9 Å². The van der Waals surface area contributed by atoms with E-state index in [1.807, 2.05) is 24.3 Å². The molecular formula is C104H76N8Zn2. The quantitative estimate of drug-likeness (QED) is 0.0567. The summed E-state index contributed by atoms with van der Waals surface area (Å²) in [7, 11) is 0. The van der Waals surface area contributed by atoms with Crippen molar-refractivity contribution in [3.05, 3.63) is 371 Å². The van der Waals surface area contributed by atoms with Gasteiger partial charge in [0.1, 0.15) is 0 Å².